The van der Waals surface area contributed by atoms with Crippen molar-refractivity contribution in [3.05, 3.63) is 158 Å². The summed E-state index contributed by atoms with van der Waals surface area (Å²) in [6, 6.07) is 49.5. The molecule has 9 rings (SSSR count). The van der Waals surface area contributed by atoms with E-state index < -0.39 is 0 Å². The molecule has 0 amide bonds. The van der Waals surface area contributed by atoms with Gasteiger partial charge in [-0.15, -0.1) is 0 Å². The Morgan fingerprint density at radius 3 is 1.86 bits per heavy atom. The zero-order valence-electron chi connectivity index (χ0n) is 23.8. The van der Waals surface area contributed by atoms with Crippen molar-refractivity contribution in [1.29, 1.82) is 0 Å². The number of rotatable bonds is 4. The number of hydrogen-bond acceptors (Lipinski definition) is 2. The molecule has 5 aromatic carbocycles. The van der Waals surface area contributed by atoms with E-state index in [0.717, 1.165) is 33.9 Å². The predicted molar refractivity (Wildman–Crippen MR) is 182 cm³/mol. The molecule has 9 aromatic rings. The molecule has 0 aliphatic heterocycles. The molecule has 0 unspecified atom stereocenters. The van der Waals surface area contributed by atoms with Crippen LogP contribution in [0, 0.1) is 0 Å². The molecule has 4 aromatic heterocycles. The summed E-state index contributed by atoms with van der Waals surface area (Å²) in [7, 11) is 0. The van der Waals surface area contributed by atoms with Crippen LogP contribution < -0.4 is 0 Å². The number of fused-ring (bicyclic) bond motifs is 6. The SMILES string of the molecule is c1ccc(-n2ccc3cc4c(ccc5c6ccccc6n(-c6cc(-c7ccccn7)cc(-c7ccccn7)c6)c45)cc32)cc1. The van der Waals surface area contributed by atoms with Crippen LogP contribution >= 0.6 is 0 Å². The average molecular weight is 563 g/mol. The molecule has 0 N–H and O–H groups in total. The molecule has 0 aliphatic rings. The number of hydrogen-bond donors (Lipinski definition) is 0. The van der Waals surface area contributed by atoms with E-state index in [2.05, 4.69) is 131 Å². The average Bonchev–Trinajstić information content (AvgIpc) is 3.67. The van der Waals surface area contributed by atoms with Gasteiger partial charge < -0.3 is 9.13 Å². The molecule has 4 nitrogen and oxygen atoms in total. The van der Waals surface area contributed by atoms with Crippen LogP contribution in [0.15, 0.2) is 158 Å². The molecule has 0 fully saturated rings. The molecule has 0 bridgehead atoms. The van der Waals surface area contributed by atoms with E-state index in [0.29, 0.717) is 0 Å². The molecule has 0 radical (unpaired) electrons. The molecule has 0 atom stereocenters. The van der Waals surface area contributed by atoms with Crippen LogP contribution in [0.3, 0.4) is 0 Å². The van der Waals surface area contributed by atoms with Gasteiger partial charge in [0.2, 0.25) is 0 Å². The highest BCUT2D eigenvalue weighted by atomic mass is 15.0. The maximum atomic E-state index is 4.71. The predicted octanol–water partition coefficient (Wildman–Crippen LogP) is 10.0. The number of benzene rings is 5. The van der Waals surface area contributed by atoms with E-state index in [-0.39, 0.29) is 0 Å². The second-order valence-corrected chi connectivity index (χ2v) is 11.2. The molecular weight excluding hydrogens is 536 g/mol. The van der Waals surface area contributed by atoms with Gasteiger partial charge in [-0.1, -0.05) is 60.7 Å². The van der Waals surface area contributed by atoms with Gasteiger partial charge in [0, 0.05) is 62.6 Å². The lowest BCUT2D eigenvalue weighted by Crippen LogP contribution is -1.97. The third kappa shape index (κ3) is 3.85. The zero-order valence-corrected chi connectivity index (χ0v) is 23.8. The fourth-order valence-corrected chi connectivity index (χ4v) is 6.60. The van der Waals surface area contributed by atoms with Crippen LogP contribution in [0.25, 0.3) is 77.4 Å². The van der Waals surface area contributed by atoms with E-state index in [1.54, 1.807) is 0 Å². The Morgan fingerprint density at radius 1 is 0.432 bits per heavy atom. The lowest BCUT2D eigenvalue weighted by atomic mass is 10.0. The number of para-hydroxylation sites is 2. The third-order valence-electron chi connectivity index (χ3n) is 8.59. The van der Waals surface area contributed by atoms with Crippen molar-refractivity contribution in [3.8, 4) is 33.9 Å². The van der Waals surface area contributed by atoms with Crippen molar-refractivity contribution in [3.63, 3.8) is 0 Å². The number of pyridine rings is 2. The first-order valence-electron chi connectivity index (χ1n) is 14.8. The minimum absolute atomic E-state index is 0.932. The van der Waals surface area contributed by atoms with Crippen molar-refractivity contribution < 1.29 is 0 Å². The number of aromatic nitrogens is 4. The van der Waals surface area contributed by atoms with Crippen molar-refractivity contribution in [2.45, 2.75) is 0 Å². The second-order valence-electron chi connectivity index (χ2n) is 11.2. The van der Waals surface area contributed by atoms with Crippen molar-refractivity contribution in [2.75, 3.05) is 0 Å². The van der Waals surface area contributed by atoms with Crippen LogP contribution in [0.4, 0.5) is 0 Å². The van der Waals surface area contributed by atoms with Crippen LogP contribution in [0.2, 0.25) is 0 Å². The standard InChI is InChI=1S/C40H26N4/c1-2-10-31(11-3-1)43-21-18-28-25-35-27(26-39(28)43)16-17-34-33-12-4-5-15-38(33)44(40(34)35)32-23-29(36-13-6-8-19-41-36)22-30(24-32)37-14-7-9-20-42-37/h1-26H. The molecule has 4 heterocycles. The molecular formula is C40H26N4. The summed E-state index contributed by atoms with van der Waals surface area (Å²) in [4.78, 5) is 9.42. The van der Waals surface area contributed by atoms with Crippen molar-refractivity contribution in [1.82, 2.24) is 19.1 Å². The van der Waals surface area contributed by atoms with Crippen LogP contribution in [-0.2, 0) is 0 Å². The lowest BCUT2D eigenvalue weighted by Gasteiger charge is -2.14. The molecule has 206 valence electrons. The fraction of sp³-hybridized carbons (Fsp3) is 0. The molecule has 0 saturated carbocycles. The van der Waals surface area contributed by atoms with Gasteiger partial charge in [0.1, 0.15) is 0 Å². The molecule has 0 saturated heterocycles. The Morgan fingerprint density at radius 2 is 1.14 bits per heavy atom. The second kappa shape index (κ2) is 9.79. The Hall–Kier alpha value is -6.00. The Labute approximate surface area is 254 Å². The monoisotopic (exact) mass is 562 g/mol. The maximum Gasteiger partial charge on any atom is 0.0702 e. The normalized spacial score (nSPS) is 11.6. The maximum absolute atomic E-state index is 4.71. The van der Waals surface area contributed by atoms with Gasteiger partial charge in [-0.05, 0) is 84.2 Å². The van der Waals surface area contributed by atoms with E-state index in [9.17, 15) is 0 Å². The summed E-state index contributed by atoms with van der Waals surface area (Å²) in [5.41, 5.74) is 9.77. The minimum Gasteiger partial charge on any atom is -0.317 e. The molecule has 44 heavy (non-hydrogen) atoms. The molecule has 0 aliphatic carbocycles. The van der Waals surface area contributed by atoms with E-state index in [1.807, 2.05) is 36.7 Å². The summed E-state index contributed by atoms with van der Waals surface area (Å²) >= 11 is 0. The first kappa shape index (κ1) is 24.6. The van der Waals surface area contributed by atoms with Gasteiger partial charge in [0.15, 0.2) is 0 Å². The van der Waals surface area contributed by atoms with Gasteiger partial charge in [0.25, 0.3) is 0 Å². The van der Waals surface area contributed by atoms with Crippen LogP contribution in [0.5, 0.6) is 0 Å². The number of nitrogens with zero attached hydrogens (tertiary/aromatic N) is 4. The minimum atomic E-state index is 0.932. The summed E-state index contributed by atoms with van der Waals surface area (Å²) in [5.74, 6) is 0. The highest BCUT2D eigenvalue weighted by Crippen LogP contribution is 2.40. The quantitative estimate of drug-likeness (QED) is 0.214. The largest absolute Gasteiger partial charge is 0.317 e. The zero-order chi connectivity index (χ0) is 29.0. The van der Waals surface area contributed by atoms with E-state index >= 15 is 0 Å². The Bertz CT molecular complexity index is 2420. The first-order chi connectivity index (χ1) is 21.8. The van der Waals surface area contributed by atoms with Crippen LogP contribution in [0.1, 0.15) is 0 Å². The molecule has 4 heteroatoms. The third-order valence-corrected chi connectivity index (χ3v) is 8.59. The van der Waals surface area contributed by atoms with E-state index in [4.69, 9.17) is 9.97 Å². The summed E-state index contributed by atoms with van der Waals surface area (Å²) in [6.07, 6.45) is 5.87. The molecule has 0 spiro atoms. The highest BCUT2D eigenvalue weighted by molar-refractivity contribution is 6.20. The lowest BCUT2D eigenvalue weighted by molar-refractivity contribution is 1.13. The first-order valence-corrected chi connectivity index (χ1v) is 14.8. The smallest absolute Gasteiger partial charge is 0.0702 e. The van der Waals surface area contributed by atoms with E-state index in [1.165, 1.54) is 43.5 Å². The highest BCUT2D eigenvalue weighted by Gasteiger charge is 2.18. The topological polar surface area (TPSA) is 35.6 Å². The van der Waals surface area contributed by atoms with Gasteiger partial charge in [-0.3, -0.25) is 9.97 Å². The van der Waals surface area contributed by atoms with Gasteiger partial charge >= 0.3 is 0 Å². The summed E-state index contributed by atoms with van der Waals surface area (Å²) < 4.78 is 4.69. The van der Waals surface area contributed by atoms with Crippen molar-refractivity contribution >= 4 is 43.5 Å². The van der Waals surface area contributed by atoms with Crippen LogP contribution in [-0.4, -0.2) is 19.1 Å². The Balaban J connectivity index is 1.37. The van der Waals surface area contributed by atoms with Gasteiger partial charge in [-0.25, -0.2) is 0 Å². The fourth-order valence-electron chi connectivity index (χ4n) is 6.60. The summed E-state index contributed by atoms with van der Waals surface area (Å²) in [5, 5.41) is 6.10. The van der Waals surface area contributed by atoms with Gasteiger partial charge in [-0.2, -0.15) is 0 Å². The Kier molecular flexibility index (Phi) is 5.47. The summed E-state index contributed by atoms with van der Waals surface area (Å²) in [6.45, 7) is 0. The van der Waals surface area contributed by atoms with Crippen molar-refractivity contribution in [2.24, 2.45) is 0 Å². The van der Waals surface area contributed by atoms with Gasteiger partial charge in [0.05, 0.1) is 27.9 Å².